The van der Waals surface area contributed by atoms with Gasteiger partial charge in [0, 0.05) is 13.1 Å². The van der Waals surface area contributed by atoms with Crippen molar-refractivity contribution >= 4 is 0 Å². The molecule has 0 saturated carbocycles. The summed E-state index contributed by atoms with van der Waals surface area (Å²) in [5.41, 5.74) is -1.05. The highest BCUT2D eigenvalue weighted by molar-refractivity contribution is 4.80. The third-order valence-corrected chi connectivity index (χ3v) is 1.68. The van der Waals surface area contributed by atoms with E-state index in [9.17, 15) is 4.39 Å². The average Bonchev–Trinajstić information content (AvgIpc) is 1.60. The fraction of sp³-hybridized carbons (Fsp3) is 1.00. The number of alkyl halides is 1. The van der Waals surface area contributed by atoms with Crippen LogP contribution in [0.25, 0.3) is 0 Å². The van der Waals surface area contributed by atoms with Crippen LogP contribution in [0.1, 0.15) is 19.8 Å². The van der Waals surface area contributed by atoms with E-state index >= 15 is 0 Å². The van der Waals surface area contributed by atoms with E-state index < -0.39 is 5.67 Å². The van der Waals surface area contributed by atoms with Crippen LogP contribution in [0.5, 0.6) is 0 Å². The highest BCUT2D eigenvalue weighted by Gasteiger charge is 2.28. The first-order valence-corrected chi connectivity index (χ1v) is 3.29. The molecule has 2 N–H and O–H groups in total. The lowest BCUT2D eigenvalue weighted by Gasteiger charge is -2.31. The molecule has 1 aliphatic rings. The highest BCUT2D eigenvalue weighted by Crippen LogP contribution is 2.22. The summed E-state index contributed by atoms with van der Waals surface area (Å²) < 4.78 is 13.0. The van der Waals surface area contributed by atoms with E-state index in [-0.39, 0.29) is 0 Å². The van der Waals surface area contributed by atoms with Crippen LogP contribution >= 0.6 is 0 Å². The van der Waals surface area contributed by atoms with Crippen molar-refractivity contribution in [3.63, 3.8) is 0 Å². The number of hydrogen-bond acceptors (Lipinski definition) is 2. The first-order chi connectivity index (χ1) is 4.10. The molecule has 2 nitrogen and oxygen atoms in total. The van der Waals surface area contributed by atoms with Gasteiger partial charge >= 0.3 is 0 Å². The number of piperidine rings is 1. The van der Waals surface area contributed by atoms with Crippen LogP contribution in [0.15, 0.2) is 0 Å². The standard InChI is InChI=1S/C6H13FN2/c1-6(7)3-2-4-9(8)5-6/h2-5,8H2,1H3/t6-/m1/s1. The number of nitrogens with zero attached hydrogens (tertiary/aromatic N) is 1. The van der Waals surface area contributed by atoms with E-state index in [0.29, 0.717) is 13.0 Å². The molecule has 0 radical (unpaired) electrons. The van der Waals surface area contributed by atoms with Crippen LogP contribution in [-0.4, -0.2) is 23.8 Å². The average molecular weight is 132 g/mol. The summed E-state index contributed by atoms with van der Waals surface area (Å²) in [6, 6.07) is 0. The van der Waals surface area contributed by atoms with Crippen molar-refractivity contribution in [1.82, 2.24) is 5.01 Å². The Morgan fingerprint density at radius 2 is 2.33 bits per heavy atom. The van der Waals surface area contributed by atoms with Crippen molar-refractivity contribution in [3.05, 3.63) is 0 Å². The zero-order valence-electron chi connectivity index (χ0n) is 5.73. The molecule has 0 spiro atoms. The summed E-state index contributed by atoms with van der Waals surface area (Å²) in [6.45, 7) is 2.82. The Hall–Kier alpha value is -0.150. The summed E-state index contributed by atoms with van der Waals surface area (Å²) in [7, 11) is 0. The number of halogens is 1. The molecular formula is C6H13FN2. The van der Waals surface area contributed by atoms with Crippen molar-refractivity contribution < 1.29 is 4.39 Å². The molecule has 0 aromatic carbocycles. The summed E-state index contributed by atoms with van der Waals surface area (Å²) in [6.07, 6.45) is 1.53. The molecule has 0 amide bonds. The van der Waals surface area contributed by atoms with Crippen molar-refractivity contribution in [2.75, 3.05) is 13.1 Å². The Balaban J connectivity index is 2.41. The number of rotatable bonds is 0. The maximum Gasteiger partial charge on any atom is 0.122 e. The Morgan fingerprint density at radius 3 is 2.67 bits per heavy atom. The smallest absolute Gasteiger partial charge is 0.122 e. The van der Waals surface area contributed by atoms with Gasteiger partial charge in [-0.2, -0.15) is 0 Å². The van der Waals surface area contributed by atoms with Crippen LogP contribution < -0.4 is 5.84 Å². The van der Waals surface area contributed by atoms with Gasteiger partial charge in [0.2, 0.25) is 0 Å². The Kier molecular flexibility index (Phi) is 1.73. The minimum absolute atomic E-state index is 0.382. The second-order valence-electron chi connectivity index (χ2n) is 2.99. The normalized spacial score (nSPS) is 39.0. The van der Waals surface area contributed by atoms with Crippen molar-refractivity contribution in [3.8, 4) is 0 Å². The molecule has 1 saturated heterocycles. The van der Waals surface area contributed by atoms with Crippen LogP contribution in [0.4, 0.5) is 4.39 Å². The lowest BCUT2D eigenvalue weighted by molar-refractivity contribution is 0.0608. The van der Waals surface area contributed by atoms with Gasteiger partial charge in [-0.25, -0.2) is 9.40 Å². The molecule has 1 atom stereocenters. The largest absolute Gasteiger partial charge is 0.269 e. The minimum Gasteiger partial charge on any atom is -0.269 e. The molecule has 9 heavy (non-hydrogen) atoms. The second kappa shape index (κ2) is 2.23. The maximum atomic E-state index is 13.0. The maximum absolute atomic E-state index is 13.0. The van der Waals surface area contributed by atoms with E-state index in [1.54, 1.807) is 11.9 Å². The minimum atomic E-state index is -1.05. The third-order valence-electron chi connectivity index (χ3n) is 1.68. The zero-order valence-corrected chi connectivity index (χ0v) is 5.73. The number of hydrazine groups is 1. The van der Waals surface area contributed by atoms with Crippen LogP contribution in [0.3, 0.4) is 0 Å². The van der Waals surface area contributed by atoms with Gasteiger partial charge in [0.15, 0.2) is 0 Å². The summed E-state index contributed by atoms with van der Waals surface area (Å²) in [5, 5.41) is 1.55. The van der Waals surface area contributed by atoms with Crippen molar-refractivity contribution in [1.29, 1.82) is 0 Å². The number of hydrogen-bond donors (Lipinski definition) is 1. The Bertz CT molecular complexity index is 103. The monoisotopic (exact) mass is 132 g/mol. The predicted octanol–water partition coefficient (Wildman–Crippen LogP) is 0.684. The Labute approximate surface area is 54.8 Å². The van der Waals surface area contributed by atoms with Crippen LogP contribution in [0, 0.1) is 0 Å². The highest BCUT2D eigenvalue weighted by atomic mass is 19.1. The van der Waals surface area contributed by atoms with E-state index in [1.165, 1.54) is 0 Å². The molecule has 1 rings (SSSR count). The molecule has 54 valence electrons. The molecule has 1 aliphatic heterocycles. The topological polar surface area (TPSA) is 29.3 Å². The molecule has 0 unspecified atom stereocenters. The quantitative estimate of drug-likeness (QED) is 0.491. The fourth-order valence-corrected chi connectivity index (χ4v) is 1.23. The van der Waals surface area contributed by atoms with Crippen molar-refractivity contribution in [2.24, 2.45) is 5.84 Å². The lowest BCUT2D eigenvalue weighted by atomic mass is 9.98. The molecule has 0 bridgehead atoms. The van der Waals surface area contributed by atoms with Gasteiger partial charge in [-0.3, -0.25) is 5.84 Å². The molecule has 1 fully saturated rings. The van der Waals surface area contributed by atoms with E-state index in [1.807, 2.05) is 0 Å². The summed E-state index contributed by atoms with van der Waals surface area (Å²) in [5.74, 6) is 5.40. The number of nitrogens with two attached hydrogens (primary N) is 1. The molecule has 0 aromatic heterocycles. The van der Waals surface area contributed by atoms with Gasteiger partial charge in [0.1, 0.15) is 5.67 Å². The first-order valence-electron chi connectivity index (χ1n) is 3.29. The molecule has 0 aromatic rings. The van der Waals surface area contributed by atoms with Crippen LogP contribution in [0.2, 0.25) is 0 Å². The van der Waals surface area contributed by atoms with E-state index in [4.69, 9.17) is 5.84 Å². The predicted molar refractivity (Wildman–Crippen MR) is 34.5 cm³/mol. The van der Waals surface area contributed by atoms with Gasteiger partial charge in [-0.1, -0.05) is 0 Å². The Morgan fingerprint density at radius 1 is 1.67 bits per heavy atom. The summed E-state index contributed by atoms with van der Waals surface area (Å²) >= 11 is 0. The van der Waals surface area contributed by atoms with Crippen LogP contribution in [-0.2, 0) is 0 Å². The van der Waals surface area contributed by atoms with Crippen molar-refractivity contribution in [2.45, 2.75) is 25.4 Å². The SMILES string of the molecule is C[C@@]1(F)CCCN(N)C1. The lowest BCUT2D eigenvalue weighted by Crippen LogP contribution is -2.46. The second-order valence-corrected chi connectivity index (χ2v) is 2.99. The third kappa shape index (κ3) is 1.91. The molecular weight excluding hydrogens is 119 g/mol. The zero-order chi connectivity index (χ0) is 6.91. The molecule has 1 heterocycles. The first kappa shape index (κ1) is 6.96. The van der Waals surface area contributed by atoms with Gasteiger partial charge in [-0.15, -0.1) is 0 Å². The fourth-order valence-electron chi connectivity index (χ4n) is 1.23. The van der Waals surface area contributed by atoms with Gasteiger partial charge in [0.25, 0.3) is 0 Å². The summed E-state index contributed by atoms with van der Waals surface area (Å²) in [4.78, 5) is 0. The van der Waals surface area contributed by atoms with Gasteiger partial charge in [-0.05, 0) is 19.8 Å². The van der Waals surface area contributed by atoms with E-state index in [0.717, 1.165) is 13.0 Å². The van der Waals surface area contributed by atoms with Gasteiger partial charge < -0.3 is 0 Å². The molecule has 3 heteroatoms. The van der Waals surface area contributed by atoms with Gasteiger partial charge in [0.05, 0.1) is 0 Å². The van der Waals surface area contributed by atoms with E-state index in [2.05, 4.69) is 0 Å². The molecule has 0 aliphatic carbocycles.